The quantitative estimate of drug-likeness (QED) is 0.607. The lowest BCUT2D eigenvalue weighted by Gasteiger charge is -2.07. The van der Waals surface area contributed by atoms with Gasteiger partial charge in [0.2, 0.25) is 5.82 Å². The average Bonchev–Trinajstić information content (AvgIpc) is 2.65. The molecule has 0 fully saturated rings. The van der Waals surface area contributed by atoms with Crippen molar-refractivity contribution >= 4 is 5.91 Å². The number of hydrogen-bond donors (Lipinski definition) is 3. The lowest BCUT2D eigenvalue weighted by Crippen LogP contribution is -2.35. The van der Waals surface area contributed by atoms with Gasteiger partial charge >= 0.3 is 0 Å². The molecule has 1 aromatic rings. The molecule has 1 aromatic heterocycles. The predicted molar refractivity (Wildman–Crippen MR) is 49.8 cm³/mol. The summed E-state index contributed by atoms with van der Waals surface area (Å²) >= 11 is 0. The lowest BCUT2D eigenvalue weighted by molar-refractivity contribution is 0.0912. The van der Waals surface area contributed by atoms with Crippen molar-refractivity contribution in [3.8, 4) is 0 Å². The van der Waals surface area contributed by atoms with E-state index in [1.54, 1.807) is 6.92 Å². The zero-order valence-corrected chi connectivity index (χ0v) is 8.24. The average molecular weight is 198 g/mol. The highest BCUT2D eigenvalue weighted by molar-refractivity contribution is 5.90. The summed E-state index contributed by atoms with van der Waals surface area (Å²) in [6.07, 6.45) is 0.704. The SMILES string of the molecule is CCc1nc(C(=O)NC(C)CO)n[nH]1. The Morgan fingerprint density at radius 2 is 2.43 bits per heavy atom. The first-order valence-electron chi connectivity index (χ1n) is 4.50. The molecule has 1 unspecified atom stereocenters. The van der Waals surface area contributed by atoms with Gasteiger partial charge in [0.1, 0.15) is 5.82 Å². The van der Waals surface area contributed by atoms with Crippen molar-refractivity contribution < 1.29 is 9.90 Å². The van der Waals surface area contributed by atoms with Crippen LogP contribution >= 0.6 is 0 Å². The van der Waals surface area contributed by atoms with Crippen LogP contribution in [0.1, 0.15) is 30.3 Å². The van der Waals surface area contributed by atoms with E-state index in [0.717, 1.165) is 0 Å². The fraction of sp³-hybridized carbons (Fsp3) is 0.625. The number of aryl methyl sites for hydroxylation is 1. The van der Waals surface area contributed by atoms with Crippen molar-refractivity contribution in [2.75, 3.05) is 6.61 Å². The number of rotatable bonds is 4. The van der Waals surface area contributed by atoms with Crippen LogP contribution in [0.5, 0.6) is 0 Å². The van der Waals surface area contributed by atoms with Crippen molar-refractivity contribution in [2.24, 2.45) is 0 Å². The van der Waals surface area contributed by atoms with Crippen LogP contribution in [-0.4, -0.2) is 38.8 Å². The molecule has 1 amide bonds. The second-order valence-electron chi connectivity index (χ2n) is 3.02. The summed E-state index contributed by atoms with van der Waals surface area (Å²) in [6.45, 7) is 3.51. The third kappa shape index (κ3) is 2.53. The van der Waals surface area contributed by atoms with E-state index in [0.29, 0.717) is 12.2 Å². The Bertz CT molecular complexity index is 310. The van der Waals surface area contributed by atoms with Gasteiger partial charge in [0.05, 0.1) is 6.61 Å². The van der Waals surface area contributed by atoms with Gasteiger partial charge < -0.3 is 10.4 Å². The predicted octanol–water partition coefficient (Wildman–Crippen LogP) is -0.522. The summed E-state index contributed by atoms with van der Waals surface area (Å²) in [7, 11) is 0. The number of nitrogens with one attached hydrogen (secondary N) is 2. The Hall–Kier alpha value is -1.43. The molecule has 1 atom stereocenters. The first-order valence-corrected chi connectivity index (χ1v) is 4.50. The molecule has 1 rings (SSSR count). The lowest BCUT2D eigenvalue weighted by atomic mass is 10.3. The highest BCUT2D eigenvalue weighted by atomic mass is 16.3. The maximum atomic E-state index is 11.4. The number of carbonyl (C=O) groups is 1. The highest BCUT2D eigenvalue weighted by Crippen LogP contribution is 1.94. The number of aromatic amines is 1. The van der Waals surface area contributed by atoms with E-state index >= 15 is 0 Å². The van der Waals surface area contributed by atoms with Crippen LogP contribution in [0.4, 0.5) is 0 Å². The van der Waals surface area contributed by atoms with Crippen molar-refractivity contribution in [1.82, 2.24) is 20.5 Å². The second-order valence-corrected chi connectivity index (χ2v) is 3.02. The summed E-state index contributed by atoms with van der Waals surface area (Å²) < 4.78 is 0. The second kappa shape index (κ2) is 4.71. The van der Waals surface area contributed by atoms with Crippen LogP contribution in [0.2, 0.25) is 0 Å². The molecular formula is C8H14N4O2. The third-order valence-corrected chi connectivity index (χ3v) is 1.72. The number of hydrogen-bond acceptors (Lipinski definition) is 4. The molecule has 0 aliphatic carbocycles. The minimum atomic E-state index is -0.373. The zero-order valence-electron chi connectivity index (χ0n) is 8.24. The van der Waals surface area contributed by atoms with Crippen LogP contribution in [-0.2, 0) is 6.42 Å². The number of amides is 1. The Morgan fingerprint density at radius 1 is 1.71 bits per heavy atom. The first kappa shape index (κ1) is 10.6. The summed E-state index contributed by atoms with van der Waals surface area (Å²) in [4.78, 5) is 15.3. The smallest absolute Gasteiger partial charge is 0.291 e. The van der Waals surface area contributed by atoms with Gasteiger partial charge in [0, 0.05) is 12.5 Å². The number of aliphatic hydroxyl groups is 1. The molecule has 14 heavy (non-hydrogen) atoms. The largest absolute Gasteiger partial charge is 0.394 e. The normalized spacial score (nSPS) is 12.5. The Morgan fingerprint density at radius 3 is 2.93 bits per heavy atom. The number of nitrogens with zero attached hydrogens (tertiary/aromatic N) is 2. The Balaban J connectivity index is 2.60. The Labute approximate surface area is 81.7 Å². The highest BCUT2D eigenvalue weighted by Gasteiger charge is 2.13. The van der Waals surface area contributed by atoms with Gasteiger partial charge in [-0.1, -0.05) is 6.92 Å². The van der Waals surface area contributed by atoms with Gasteiger partial charge in [-0.05, 0) is 6.92 Å². The van der Waals surface area contributed by atoms with Gasteiger partial charge in [0.15, 0.2) is 0 Å². The molecule has 0 aliphatic rings. The molecule has 0 radical (unpaired) electrons. The number of aliphatic hydroxyl groups excluding tert-OH is 1. The van der Waals surface area contributed by atoms with Gasteiger partial charge in [-0.2, -0.15) is 0 Å². The van der Waals surface area contributed by atoms with Crippen LogP contribution in [0.15, 0.2) is 0 Å². The summed E-state index contributed by atoms with van der Waals surface area (Å²) in [5, 5.41) is 17.7. The Kier molecular flexibility index (Phi) is 3.58. The van der Waals surface area contributed by atoms with Crippen LogP contribution < -0.4 is 5.32 Å². The van der Waals surface area contributed by atoms with E-state index in [-0.39, 0.29) is 24.4 Å². The summed E-state index contributed by atoms with van der Waals surface area (Å²) in [5.74, 6) is 0.413. The van der Waals surface area contributed by atoms with Gasteiger partial charge in [-0.25, -0.2) is 4.98 Å². The molecule has 6 nitrogen and oxygen atoms in total. The monoisotopic (exact) mass is 198 g/mol. The third-order valence-electron chi connectivity index (χ3n) is 1.72. The minimum Gasteiger partial charge on any atom is -0.394 e. The molecule has 6 heteroatoms. The van der Waals surface area contributed by atoms with E-state index in [1.165, 1.54) is 0 Å². The van der Waals surface area contributed by atoms with E-state index in [9.17, 15) is 4.79 Å². The molecule has 0 aliphatic heterocycles. The summed E-state index contributed by atoms with van der Waals surface area (Å²) in [6, 6.07) is -0.286. The van der Waals surface area contributed by atoms with Crippen molar-refractivity contribution in [2.45, 2.75) is 26.3 Å². The number of H-pyrrole nitrogens is 1. The van der Waals surface area contributed by atoms with Gasteiger partial charge in [0.25, 0.3) is 5.91 Å². The fourth-order valence-electron chi connectivity index (χ4n) is 0.889. The molecule has 0 spiro atoms. The minimum absolute atomic E-state index is 0.100. The first-order chi connectivity index (χ1) is 6.67. The van der Waals surface area contributed by atoms with E-state index in [2.05, 4.69) is 20.5 Å². The van der Waals surface area contributed by atoms with Gasteiger partial charge in [-0.15, -0.1) is 5.10 Å². The molecular weight excluding hydrogens is 184 g/mol. The van der Waals surface area contributed by atoms with E-state index in [4.69, 9.17) is 5.11 Å². The van der Waals surface area contributed by atoms with Crippen molar-refractivity contribution in [1.29, 1.82) is 0 Å². The topological polar surface area (TPSA) is 90.9 Å². The van der Waals surface area contributed by atoms with Crippen LogP contribution in [0, 0.1) is 0 Å². The molecule has 1 heterocycles. The maximum Gasteiger partial charge on any atom is 0.291 e. The molecule has 0 aromatic carbocycles. The van der Waals surface area contributed by atoms with Gasteiger partial charge in [-0.3, -0.25) is 9.89 Å². The zero-order chi connectivity index (χ0) is 10.6. The van der Waals surface area contributed by atoms with Crippen molar-refractivity contribution in [3.05, 3.63) is 11.6 Å². The summed E-state index contributed by atoms with van der Waals surface area (Å²) in [5.41, 5.74) is 0. The standard InChI is InChI=1S/C8H14N4O2/c1-3-6-10-7(12-11-6)8(14)9-5(2)4-13/h5,13H,3-4H2,1-2H3,(H,9,14)(H,10,11,12). The van der Waals surface area contributed by atoms with Crippen LogP contribution in [0.3, 0.4) is 0 Å². The fourth-order valence-corrected chi connectivity index (χ4v) is 0.889. The molecule has 0 bridgehead atoms. The van der Waals surface area contributed by atoms with E-state index in [1.807, 2.05) is 6.92 Å². The number of aromatic nitrogens is 3. The molecule has 3 N–H and O–H groups in total. The molecule has 0 saturated heterocycles. The number of carbonyl (C=O) groups excluding carboxylic acids is 1. The van der Waals surface area contributed by atoms with E-state index < -0.39 is 0 Å². The maximum absolute atomic E-state index is 11.4. The molecule has 0 saturated carbocycles. The molecule has 78 valence electrons. The van der Waals surface area contributed by atoms with Crippen molar-refractivity contribution in [3.63, 3.8) is 0 Å². The van der Waals surface area contributed by atoms with Crippen LogP contribution in [0.25, 0.3) is 0 Å².